The number of benzene rings is 1. The second-order valence-corrected chi connectivity index (χ2v) is 7.81. The fourth-order valence-corrected chi connectivity index (χ4v) is 3.98. The summed E-state index contributed by atoms with van der Waals surface area (Å²) < 4.78 is 31.5. The minimum absolute atomic E-state index is 0.0145. The van der Waals surface area contributed by atoms with Crippen molar-refractivity contribution >= 4 is 21.8 Å². The van der Waals surface area contributed by atoms with Crippen molar-refractivity contribution < 1.29 is 22.7 Å². The number of primary amides is 1. The van der Waals surface area contributed by atoms with Gasteiger partial charge in [-0.05, 0) is 31.0 Å². The summed E-state index contributed by atoms with van der Waals surface area (Å²) in [5.41, 5.74) is 5.19. The molecule has 1 saturated carbocycles. The third-order valence-corrected chi connectivity index (χ3v) is 5.60. The molecule has 4 N–H and O–H groups in total. The molecular weight excluding hydrogens is 346 g/mol. The number of hydrogen-bond donors (Lipinski definition) is 3. The van der Waals surface area contributed by atoms with E-state index in [1.165, 1.54) is 18.2 Å². The van der Waals surface area contributed by atoms with Gasteiger partial charge in [0.25, 0.3) is 5.91 Å². The Morgan fingerprint density at radius 2 is 2.08 bits per heavy atom. The minimum Gasteiger partial charge on any atom is -0.384 e. The number of methoxy groups -OCH3 is 1. The van der Waals surface area contributed by atoms with E-state index in [-0.39, 0.29) is 28.3 Å². The third kappa shape index (κ3) is 5.25. The molecule has 138 valence electrons. The zero-order chi connectivity index (χ0) is 18.4. The summed E-state index contributed by atoms with van der Waals surface area (Å²) >= 11 is 0. The van der Waals surface area contributed by atoms with E-state index >= 15 is 0 Å². The van der Waals surface area contributed by atoms with Crippen LogP contribution in [0.2, 0.25) is 0 Å². The highest BCUT2D eigenvalue weighted by molar-refractivity contribution is 7.89. The van der Waals surface area contributed by atoms with Crippen LogP contribution < -0.4 is 15.8 Å². The van der Waals surface area contributed by atoms with Crippen LogP contribution in [0.25, 0.3) is 0 Å². The molecule has 0 bridgehead atoms. The first-order valence-corrected chi connectivity index (χ1v) is 9.49. The standard InChI is InChI=1S/C16H23N3O5S/c1-24-10-12-5-3-7-14(12)19-16(21)11-4-2-6-13(8-11)25(22,23)18-9-15(17)20/h2,4,6,8,12,14,18H,3,5,7,9-10H2,1H3,(H2,17,20)(H,19,21)/t12-,14-/m1/s1. The molecule has 2 rings (SSSR count). The quantitative estimate of drug-likeness (QED) is 0.594. The first-order chi connectivity index (χ1) is 11.8. The van der Waals surface area contributed by atoms with Gasteiger partial charge >= 0.3 is 0 Å². The maximum atomic E-state index is 12.5. The van der Waals surface area contributed by atoms with Crippen molar-refractivity contribution in [2.75, 3.05) is 20.3 Å². The fourth-order valence-electron chi connectivity index (χ4n) is 2.95. The molecule has 9 heteroatoms. The van der Waals surface area contributed by atoms with Crippen LogP contribution in [-0.2, 0) is 19.6 Å². The SMILES string of the molecule is COC[C@H]1CCC[C@H]1NC(=O)c1cccc(S(=O)(=O)NCC(N)=O)c1. The minimum atomic E-state index is -3.91. The van der Waals surface area contributed by atoms with Crippen molar-refractivity contribution in [2.45, 2.75) is 30.2 Å². The zero-order valence-electron chi connectivity index (χ0n) is 14.0. The molecule has 0 unspecified atom stereocenters. The number of carbonyl (C=O) groups excluding carboxylic acids is 2. The number of amides is 2. The number of rotatable bonds is 8. The van der Waals surface area contributed by atoms with E-state index in [9.17, 15) is 18.0 Å². The van der Waals surface area contributed by atoms with E-state index in [4.69, 9.17) is 10.5 Å². The average molecular weight is 369 g/mol. The maximum absolute atomic E-state index is 12.5. The van der Waals surface area contributed by atoms with Crippen molar-refractivity contribution in [3.63, 3.8) is 0 Å². The van der Waals surface area contributed by atoms with E-state index in [0.29, 0.717) is 6.61 Å². The van der Waals surface area contributed by atoms with E-state index in [1.807, 2.05) is 0 Å². The molecule has 8 nitrogen and oxygen atoms in total. The molecule has 1 aliphatic carbocycles. The molecule has 0 heterocycles. The molecule has 0 spiro atoms. The summed E-state index contributed by atoms with van der Waals surface area (Å²) in [4.78, 5) is 23.1. The summed E-state index contributed by atoms with van der Waals surface area (Å²) in [6, 6.07) is 5.67. The average Bonchev–Trinajstić information content (AvgIpc) is 3.00. The van der Waals surface area contributed by atoms with Gasteiger partial charge in [0.05, 0.1) is 18.0 Å². The molecular formula is C16H23N3O5S. The van der Waals surface area contributed by atoms with Crippen LogP contribution in [0.1, 0.15) is 29.6 Å². The molecule has 2 amide bonds. The smallest absolute Gasteiger partial charge is 0.251 e. The molecule has 1 aromatic carbocycles. The molecule has 2 atom stereocenters. The lowest BCUT2D eigenvalue weighted by Gasteiger charge is -2.20. The second-order valence-electron chi connectivity index (χ2n) is 6.04. The Labute approximate surface area is 147 Å². The highest BCUT2D eigenvalue weighted by Crippen LogP contribution is 2.26. The Bertz CT molecular complexity index is 735. The number of nitrogens with two attached hydrogens (primary N) is 1. The van der Waals surface area contributed by atoms with Crippen molar-refractivity contribution in [2.24, 2.45) is 11.7 Å². The molecule has 0 radical (unpaired) electrons. The van der Waals surface area contributed by atoms with Gasteiger partial charge < -0.3 is 15.8 Å². The normalized spacial score (nSPS) is 20.4. The largest absolute Gasteiger partial charge is 0.384 e. The van der Waals surface area contributed by atoms with Crippen molar-refractivity contribution in [3.8, 4) is 0 Å². The van der Waals surface area contributed by atoms with E-state index in [1.54, 1.807) is 13.2 Å². The van der Waals surface area contributed by atoms with Crippen LogP contribution in [0.15, 0.2) is 29.2 Å². The Balaban J connectivity index is 2.10. The van der Waals surface area contributed by atoms with Crippen LogP contribution in [0, 0.1) is 5.92 Å². The second kappa shape index (κ2) is 8.41. The van der Waals surface area contributed by atoms with Crippen LogP contribution in [-0.4, -0.2) is 46.5 Å². The van der Waals surface area contributed by atoms with Gasteiger partial charge in [0.15, 0.2) is 0 Å². The summed E-state index contributed by atoms with van der Waals surface area (Å²) in [7, 11) is -2.28. The maximum Gasteiger partial charge on any atom is 0.251 e. The number of ether oxygens (including phenoxy) is 1. The first kappa shape index (κ1) is 19.4. The summed E-state index contributed by atoms with van der Waals surface area (Å²) in [6.07, 6.45) is 2.88. The van der Waals surface area contributed by atoms with E-state index < -0.39 is 22.5 Å². The Morgan fingerprint density at radius 3 is 2.76 bits per heavy atom. The van der Waals surface area contributed by atoms with Crippen molar-refractivity contribution in [1.82, 2.24) is 10.0 Å². The molecule has 0 aromatic heterocycles. The molecule has 0 saturated heterocycles. The lowest BCUT2D eigenvalue weighted by atomic mass is 10.0. The van der Waals surface area contributed by atoms with Gasteiger partial charge in [-0.2, -0.15) is 0 Å². The van der Waals surface area contributed by atoms with Crippen molar-refractivity contribution in [1.29, 1.82) is 0 Å². The van der Waals surface area contributed by atoms with Gasteiger partial charge in [0.1, 0.15) is 0 Å². The van der Waals surface area contributed by atoms with Gasteiger partial charge in [0, 0.05) is 24.6 Å². The van der Waals surface area contributed by atoms with E-state index in [2.05, 4.69) is 10.0 Å². The highest BCUT2D eigenvalue weighted by Gasteiger charge is 2.29. The lowest BCUT2D eigenvalue weighted by Crippen LogP contribution is -2.39. The predicted octanol–water partition coefficient (Wildman–Crippen LogP) is -0.00490. The van der Waals surface area contributed by atoms with Crippen molar-refractivity contribution in [3.05, 3.63) is 29.8 Å². The van der Waals surface area contributed by atoms with Gasteiger partial charge in [-0.3, -0.25) is 9.59 Å². The summed E-state index contributed by atoms with van der Waals surface area (Å²) in [5, 5.41) is 2.95. The fraction of sp³-hybridized carbons (Fsp3) is 0.500. The van der Waals surface area contributed by atoms with Crippen LogP contribution in [0.5, 0.6) is 0 Å². The molecule has 25 heavy (non-hydrogen) atoms. The number of nitrogens with one attached hydrogen (secondary N) is 2. The third-order valence-electron chi connectivity index (χ3n) is 4.20. The van der Waals surface area contributed by atoms with Gasteiger partial charge in [-0.25, -0.2) is 13.1 Å². The lowest BCUT2D eigenvalue weighted by molar-refractivity contribution is -0.116. The van der Waals surface area contributed by atoms with Gasteiger partial charge in [-0.15, -0.1) is 0 Å². The van der Waals surface area contributed by atoms with E-state index in [0.717, 1.165) is 19.3 Å². The summed E-state index contributed by atoms with van der Waals surface area (Å²) in [6.45, 7) is 0.0793. The first-order valence-electron chi connectivity index (χ1n) is 8.01. The number of sulfonamides is 1. The van der Waals surface area contributed by atoms with Crippen LogP contribution >= 0.6 is 0 Å². The highest BCUT2D eigenvalue weighted by atomic mass is 32.2. The zero-order valence-corrected chi connectivity index (χ0v) is 14.8. The molecule has 1 fully saturated rings. The van der Waals surface area contributed by atoms with Gasteiger partial charge in [0.2, 0.25) is 15.9 Å². The predicted molar refractivity (Wildman–Crippen MR) is 91.3 cm³/mol. The van der Waals surface area contributed by atoms with Crippen LogP contribution in [0.3, 0.4) is 0 Å². The molecule has 1 aromatic rings. The Kier molecular flexibility index (Phi) is 6.51. The topological polar surface area (TPSA) is 128 Å². The molecule has 0 aliphatic heterocycles. The number of hydrogen-bond acceptors (Lipinski definition) is 5. The Hall–Kier alpha value is -1.97. The van der Waals surface area contributed by atoms with Crippen LogP contribution in [0.4, 0.5) is 0 Å². The van der Waals surface area contributed by atoms with Gasteiger partial charge in [-0.1, -0.05) is 12.5 Å². The molecule has 1 aliphatic rings. The Morgan fingerprint density at radius 1 is 1.32 bits per heavy atom. The monoisotopic (exact) mass is 369 g/mol. The number of carbonyl (C=O) groups is 2. The summed E-state index contributed by atoms with van der Waals surface area (Å²) in [5.74, 6) is -0.860.